The van der Waals surface area contributed by atoms with Crippen molar-refractivity contribution in [2.45, 2.75) is 31.9 Å². The number of amides is 1. The first-order valence-corrected chi connectivity index (χ1v) is 8.87. The Balaban J connectivity index is 2.57. The molecule has 0 aliphatic heterocycles. The maximum atomic E-state index is 11.9. The summed E-state index contributed by atoms with van der Waals surface area (Å²) < 4.78 is 23.0. The summed E-state index contributed by atoms with van der Waals surface area (Å²) in [4.78, 5) is 11.8. The summed E-state index contributed by atoms with van der Waals surface area (Å²) in [6.07, 6.45) is 0.0219. The molecule has 1 rings (SSSR count). The van der Waals surface area contributed by atoms with Gasteiger partial charge in [-0.3, -0.25) is 4.79 Å². The van der Waals surface area contributed by atoms with E-state index in [1.54, 1.807) is 39.0 Å². The molecule has 0 fully saturated rings. The number of rotatable bonds is 5. The van der Waals surface area contributed by atoms with Crippen molar-refractivity contribution < 1.29 is 13.2 Å². The van der Waals surface area contributed by atoms with Gasteiger partial charge in [0.05, 0.1) is 16.9 Å². The number of carbonyl (C=O) groups is 1. The van der Waals surface area contributed by atoms with Crippen LogP contribution in [0, 0.1) is 0 Å². The summed E-state index contributed by atoms with van der Waals surface area (Å²) in [6, 6.07) is 5.00. The van der Waals surface area contributed by atoms with Gasteiger partial charge in [-0.15, -0.1) is 0 Å². The molecule has 0 saturated heterocycles. The van der Waals surface area contributed by atoms with E-state index in [0.717, 1.165) is 0 Å². The topological polar surface area (TPSA) is 63.2 Å². The zero-order valence-corrected chi connectivity index (χ0v) is 14.6. The lowest BCUT2D eigenvalue weighted by Gasteiger charge is -2.19. The Morgan fingerprint density at radius 1 is 1.19 bits per heavy atom. The molecule has 0 saturated carbocycles. The number of hydrogen-bond acceptors (Lipinski definition) is 3. The van der Waals surface area contributed by atoms with Gasteiger partial charge in [-0.05, 0) is 38.5 Å². The highest BCUT2D eigenvalue weighted by Crippen LogP contribution is 2.24. The lowest BCUT2D eigenvalue weighted by molar-refractivity contribution is -0.120. The van der Waals surface area contributed by atoms with Gasteiger partial charge < -0.3 is 5.32 Å². The average molecular weight is 352 g/mol. The minimum atomic E-state index is -3.25. The molecule has 0 heterocycles. The maximum absolute atomic E-state index is 11.9. The van der Waals surface area contributed by atoms with Gasteiger partial charge in [0.25, 0.3) is 0 Å². The molecule has 0 spiro atoms. The predicted octanol–water partition coefficient (Wildman–Crippen LogP) is 2.87. The Hall–Kier alpha value is -0.780. The molecule has 7 heteroatoms. The molecule has 0 radical (unpaired) electrons. The van der Waals surface area contributed by atoms with Crippen LogP contribution in [-0.2, 0) is 21.1 Å². The van der Waals surface area contributed by atoms with Gasteiger partial charge in [-0.25, -0.2) is 8.42 Å². The summed E-state index contributed by atoms with van der Waals surface area (Å²) in [6.45, 7) is 4.97. The smallest absolute Gasteiger partial charge is 0.224 e. The second-order valence-corrected chi connectivity index (χ2v) is 9.34. The van der Waals surface area contributed by atoms with Crippen molar-refractivity contribution >= 4 is 38.9 Å². The predicted molar refractivity (Wildman–Crippen MR) is 86.7 cm³/mol. The first-order valence-electron chi connectivity index (χ1n) is 6.46. The fraction of sp³-hybridized carbons (Fsp3) is 0.500. The van der Waals surface area contributed by atoms with Gasteiger partial charge in [-0.2, -0.15) is 0 Å². The van der Waals surface area contributed by atoms with Crippen molar-refractivity contribution in [1.29, 1.82) is 0 Å². The molecule has 1 aromatic rings. The van der Waals surface area contributed by atoms with E-state index in [1.165, 1.54) is 0 Å². The molecule has 0 unspecified atom stereocenters. The van der Waals surface area contributed by atoms with Crippen molar-refractivity contribution in [3.63, 3.8) is 0 Å². The minimum Gasteiger partial charge on any atom is -0.355 e. The lowest BCUT2D eigenvalue weighted by Crippen LogP contribution is -2.37. The van der Waals surface area contributed by atoms with Crippen LogP contribution in [0.15, 0.2) is 18.2 Å². The van der Waals surface area contributed by atoms with Crippen LogP contribution >= 0.6 is 23.2 Å². The van der Waals surface area contributed by atoms with E-state index >= 15 is 0 Å². The Labute approximate surface area is 135 Å². The summed E-state index contributed by atoms with van der Waals surface area (Å²) >= 11 is 12.0. The summed E-state index contributed by atoms with van der Waals surface area (Å²) in [5.74, 6) is -0.410. The Morgan fingerprint density at radius 2 is 1.71 bits per heavy atom. The van der Waals surface area contributed by atoms with E-state index in [4.69, 9.17) is 23.2 Å². The van der Waals surface area contributed by atoms with Crippen molar-refractivity contribution in [3.05, 3.63) is 33.8 Å². The van der Waals surface area contributed by atoms with Crippen molar-refractivity contribution in [3.8, 4) is 0 Å². The van der Waals surface area contributed by atoms with Gasteiger partial charge in [-0.1, -0.05) is 29.3 Å². The van der Waals surface area contributed by atoms with E-state index in [-0.39, 0.29) is 24.6 Å². The van der Waals surface area contributed by atoms with Crippen molar-refractivity contribution in [1.82, 2.24) is 5.32 Å². The van der Waals surface area contributed by atoms with E-state index < -0.39 is 14.6 Å². The van der Waals surface area contributed by atoms with Crippen molar-refractivity contribution in [2.75, 3.05) is 12.3 Å². The highest BCUT2D eigenvalue weighted by atomic mass is 35.5. The van der Waals surface area contributed by atoms with Gasteiger partial charge in [0.1, 0.15) is 0 Å². The summed E-state index contributed by atoms with van der Waals surface area (Å²) in [5.41, 5.74) is 0.539. The highest BCUT2D eigenvalue weighted by molar-refractivity contribution is 7.92. The van der Waals surface area contributed by atoms with E-state index in [0.29, 0.717) is 15.6 Å². The molecule has 0 bridgehead atoms. The average Bonchev–Trinajstić information content (AvgIpc) is 2.32. The van der Waals surface area contributed by atoms with Crippen LogP contribution < -0.4 is 5.32 Å². The van der Waals surface area contributed by atoms with Gasteiger partial charge >= 0.3 is 0 Å². The third-order valence-electron chi connectivity index (χ3n) is 3.02. The van der Waals surface area contributed by atoms with Crippen LogP contribution in [-0.4, -0.2) is 31.4 Å². The second-order valence-electron chi connectivity index (χ2n) is 5.66. The second kappa shape index (κ2) is 6.99. The van der Waals surface area contributed by atoms with Crippen LogP contribution in [0.1, 0.15) is 26.3 Å². The normalized spacial score (nSPS) is 12.2. The monoisotopic (exact) mass is 351 g/mol. The first-order chi connectivity index (χ1) is 9.54. The molecule has 4 nitrogen and oxygen atoms in total. The summed E-state index contributed by atoms with van der Waals surface area (Å²) in [7, 11) is -3.25. The van der Waals surface area contributed by atoms with Crippen molar-refractivity contribution in [2.24, 2.45) is 0 Å². The first kappa shape index (κ1) is 18.3. The van der Waals surface area contributed by atoms with Gasteiger partial charge in [0.15, 0.2) is 9.84 Å². The van der Waals surface area contributed by atoms with Gasteiger partial charge in [0.2, 0.25) is 5.91 Å². The van der Waals surface area contributed by atoms with Crippen LogP contribution in [0.3, 0.4) is 0 Å². The maximum Gasteiger partial charge on any atom is 0.224 e. The molecule has 0 aliphatic rings. The standard InChI is InChI=1S/C14H19Cl2NO3S/c1-14(2,3)21(19,20)8-7-17-13(18)9-10-11(15)5-4-6-12(10)16/h4-6H,7-9H2,1-3H3,(H,17,18). The van der Waals surface area contributed by atoms with Crippen LogP contribution in [0.2, 0.25) is 10.0 Å². The lowest BCUT2D eigenvalue weighted by atomic mass is 10.1. The van der Waals surface area contributed by atoms with Crippen LogP contribution in [0.4, 0.5) is 0 Å². The number of carbonyl (C=O) groups excluding carboxylic acids is 1. The van der Waals surface area contributed by atoms with Crippen LogP contribution in [0.5, 0.6) is 0 Å². The third-order valence-corrected chi connectivity index (χ3v) is 6.34. The molecule has 0 aliphatic carbocycles. The molecule has 0 aromatic heterocycles. The largest absolute Gasteiger partial charge is 0.355 e. The Bertz CT molecular complexity index is 601. The number of hydrogen-bond donors (Lipinski definition) is 1. The van der Waals surface area contributed by atoms with E-state index in [2.05, 4.69) is 5.32 Å². The zero-order valence-electron chi connectivity index (χ0n) is 12.2. The molecule has 118 valence electrons. The quantitative estimate of drug-likeness (QED) is 0.886. The molecule has 1 amide bonds. The van der Waals surface area contributed by atoms with E-state index in [9.17, 15) is 13.2 Å². The number of halogens is 2. The summed E-state index contributed by atoms with van der Waals surface area (Å²) in [5, 5.41) is 3.41. The zero-order chi connectivity index (χ0) is 16.3. The molecular weight excluding hydrogens is 333 g/mol. The minimum absolute atomic E-state index is 0.0219. The number of benzene rings is 1. The SMILES string of the molecule is CC(C)(C)S(=O)(=O)CCNC(=O)Cc1c(Cl)cccc1Cl. The van der Waals surface area contributed by atoms with E-state index in [1.807, 2.05) is 0 Å². The fourth-order valence-corrected chi connectivity index (χ4v) is 3.07. The Kier molecular flexibility index (Phi) is 6.08. The molecule has 21 heavy (non-hydrogen) atoms. The fourth-order valence-electron chi connectivity index (χ4n) is 1.56. The molecule has 0 atom stereocenters. The highest BCUT2D eigenvalue weighted by Gasteiger charge is 2.28. The molecular formula is C14H19Cl2NO3S. The number of nitrogens with one attached hydrogen (secondary N) is 1. The molecule has 1 aromatic carbocycles. The molecule has 1 N–H and O–H groups in total. The third kappa shape index (κ3) is 5.16. The van der Waals surface area contributed by atoms with Crippen LogP contribution in [0.25, 0.3) is 0 Å². The Morgan fingerprint density at radius 3 is 2.19 bits per heavy atom. The van der Waals surface area contributed by atoms with Gasteiger partial charge in [0, 0.05) is 16.6 Å². The number of sulfone groups is 1.